The lowest BCUT2D eigenvalue weighted by Crippen LogP contribution is -2.48. The van der Waals surface area contributed by atoms with Gasteiger partial charge < -0.3 is 9.80 Å². The molecule has 2 aromatic rings. The quantitative estimate of drug-likeness (QED) is 0.836. The molecule has 0 N–H and O–H groups in total. The molecule has 2 aromatic heterocycles. The number of amides is 1. The summed E-state index contributed by atoms with van der Waals surface area (Å²) in [6, 6.07) is 6.23. The summed E-state index contributed by atoms with van der Waals surface area (Å²) in [5.74, 6) is 1.20. The van der Waals surface area contributed by atoms with E-state index in [0.29, 0.717) is 6.42 Å². The molecule has 6 heteroatoms. The molecule has 3 rings (SSSR count). The van der Waals surface area contributed by atoms with E-state index in [9.17, 15) is 4.79 Å². The number of pyridine rings is 1. The molecule has 134 valence electrons. The highest BCUT2D eigenvalue weighted by Crippen LogP contribution is 2.21. The summed E-state index contributed by atoms with van der Waals surface area (Å²) in [4.78, 5) is 21.3. The van der Waals surface area contributed by atoms with E-state index in [1.54, 1.807) is 0 Å². The molecule has 0 spiro atoms. The van der Waals surface area contributed by atoms with Crippen LogP contribution in [-0.2, 0) is 18.3 Å². The van der Waals surface area contributed by atoms with Gasteiger partial charge in [-0.05, 0) is 43.9 Å². The van der Waals surface area contributed by atoms with Crippen molar-refractivity contribution in [1.29, 1.82) is 0 Å². The fraction of sp³-hybridized carbons (Fsp3) is 0.526. The van der Waals surface area contributed by atoms with Gasteiger partial charge in [0.05, 0.1) is 6.20 Å². The van der Waals surface area contributed by atoms with Gasteiger partial charge in [-0.15, -0.1) is 0 Å². The maximum Gasteiger partial charge on any atom is 0.222 e. The highest BCUT2D eigenvalue weighted by Gasteiger charge is 2.26. The van der Waals surface area contributed by atoms with Gasteiger partial charge in [0.1, 0.15) is 5.82 Å². The third-order valence-electron chi connectivity index (χ3n) is 5.26. The Bertz CT molecular complexity index is 712. The Kier molecular flexibility index (Phi) is 5.36. The molecule has 0 radical (unpaired) electrons. The third kappa shape index (κ3) is 4.00. The number of aryl methyl sites for hydroxylation is 2. The molecule has 25 heavy (non-hydrogen) atoms. The first kappa shape index (κ1) is 17.5. The molecule has 0 aromatic carbocycles. The van der Waals surface area contributed by atoms with Crippen molar-refractivity contribution in [3.63, 3.8) is 0 Å². The van der Waals surface area contributed by atoms with Gasteiger partial charge in [0.2, 0.25) is 5.91 Å². The number of likely N-dealkylation sites (N-methyl/N-ethyl adjacent to an activating group) is 1. The summed E-state index contributed by atoms with van der Waals surface area (Å²) in [7, 11) is 3.87. The Morgan fingerprint density at radius 3 is 2.92 bits per heavy atom. The van der Waals surface area contributed by atoms with Gasteiger partial charge in [-0.25, -0.2) is 4.98 Å². The van der Waals surface area contributed by atoms with Crippen molar-refractivity contribution >= 4 is 11.7 Å². The van der Waals surface area contributed by atoms with Gasteiger partial charge in [0, 0.05) is 51.5 Å². The Labute approximate surface area is 149 Å². The largest absolute Gasteiger partial charge is 0.355 e. The number of hydrogen-bond donors (Lipinski definition) is 0. The monoisotopic (exact) mass is 341 g/mol. The minimum Gasteiger partial charge on any atom is -0.355 e. The first-order chi connectivity index (χ1) is 12.1. The average molecular weight is 341 g/mol. The van der Waals surface area contributed by atoms with Crippen molar-refractivity contribution in [2.75, 3.05) is 25.0 Å². The summed E-state index contributed by atoms with van der Waals surface area (Å²) in [5, 5.41) is 4.25. The molecule has 1 aliphatic rings. The van der Waals surface area contributed by atoms with Gasteiger partial charge in [-0.1, -0.05) is 6.07 Å². The van der Waals surface area contributed by atoms with E-state index in [2.05, 4.69) is 15.0 Å². The lowest BCUT2D eigenvalue weighted by molar-refractivity contribution is -0.132. The molecule has 1 amide bonds. The molecule has 1 fully saturated rings. The normalized spacial score (nSPS) is 17.6. The predicted octanol–water partition coefficient (Wildman–Crippen LogP) is 2.18. The van der Waals surface area contributed by atoms with E-state index in [1.807, 2.05) is 61.2 Å². The lowest BCUT2D eigenvalue weighted by Gasteiger charge is -2.38. The van der Waals surface area contributed by atoms with Crippen LogP contribution >= 0.6 is 0 Å². The number of piperidine rings is 1. The summed E-state index contributed by atoms with van der Waals surface area (Å²) >= 11 is 0. The molecule has 3 heterocycles. The summed E-state index contributed by atoms with van der Waals surface area (Å²) in [5.41, 5.74) is 2.29. The highest BCUT2D eigenvalue weighted by molar-refractivity contribution is 5.76. The van der Waals surface area contributed by atoms with Gasteiger partial charge in [0.25, 0.3) is 0 Å². The minimum absolute atomic E-state index is 0.205. The van der Waals surface area contributed by atoms with Crippen LogP contribution in [0.25, 0.3) is 0 Å². The first-order valence-electron chi connectivity index (χ1n) is 8.95. The van der Waals surface area contributed by atoms with Gasteiger partial charge in [-0.2, -0.15) is 5.10 Å². The Morgan fingerprint density at radius 1 is 1.40 bits per heavy atom. The number of carbonyl (C=O) groups is 1. The van der Waals surface area contributed by atoms with Gasteiger partial charge in [-0.3, -0.25) is 9.48 Å². The highest BCUT2D eigenvalue weighted by atomic mass is 16.2. The van der Waals surface area contributed by atoms with Crippen LogP contribution in [0.5, 0.6) is 0 Å². The SMILES string of the molecule is Cc1c(CCC(=O)N(C)[C@H]2CCCN(c3ccccn3)C2)cnn1C. The van der Waals surface area contributed by atoms with Crippen LogP contribution < -0.4 is 4.90 Å². The Hall–Kier alpha value is -2.37. The predicted molar refractivity (Wildman–Crippen MR) is 98.5 cm³/mol. The molecular weight excluding hydrogens is 314 g/mol. The molecule has 0 saturated carbocycles. The van der Waals surface area contributed by atoms with Crippen LogP contribution in [0.2, 0.25) is 0 Å². The second kappa shape index (κ2) is 7.68. The average Bonchev–Trinajstić information content (AvgIpc) is 2.98. The number of aromatic nitrogens is 3. The van der Waals surface area contributed by atoms with Crippen molar-refractivity contribution in [2.45, 2.75) is 38.6 Å². The van der Waals surface area contributed by atoms with E-state index in [1.165, 1.54) is 0 Å². The van der Waals surface area contributed by atoms with Gasteiger partial charge in [0.15, 0.2) is 0 Å². The molecule has 1 aliphatic heterocycles. The van der Waals surface area contributed by atoms with Crippen LogP contribution in [0.3, 0.4) is 0 Å². The number of nitrogens with zero attached hydrogens (tertiary/aromatic N) is 5. The number of anilines is 1. The van der Waals surface area contributed by atoms with Crippen LogP contribution in [0.4, 0.5) is 5.82 Å². The second-order valence-corrected chi connectivity index (χ2v) is 6.81. The summed E-state index contributed by atoms with van der Waals surface area (Å²) < 4.78 is 1.86. The molecule has 0 unspecified atom stereocenters. The number of rotatable bonds is 5. The zero-order chi connectivity index (χ0) is 17.8. The molecule has 1 saturated heterocycles. The standard InChI is InChI=1S/C19H27N5O/c1-15-16(13-21-23(15)3)9-10-19(25)22(2)17-7-6-12-24(14-17)18-8-4-5-11-20-18/h4-5,8,11,13,17H,6-7,9-10,12,14H2,1-3H3/t17-/m0/s1. The van der Waals surface area contributed by atoms with Crippen molar-refractivity contribution < 1.29 is 4.79 Å². The topological polar surface area (TPSA) is 54.3 Å². The van der Waals surface area contributed by atoms with Crippen LogP contribution in [0.1, 0.15) is 30.5 Å². The van der Waals surface area contributed by atoms with Crippen molar-refractivity contribution in [3.05, 3.63) is 41.9 Å². The van der Waals surface area contributed by atoms with Crippen LogP contribution in [0.15, 0.2) is 30.6 Å². The molecule has 1 atom stereocenters. The van der Waals surface area contributed by atoms with Crippen molar-refractivity contribution in [1.82, 2.24) is 19.7 Å². The lowest BCUT2D eigenvalue weighted by atomic mass is 10.0. The van der Waals surface area contributed by atoms with E-state index in [-0.39, 0.29) is 11.9 Å². The third-order valence-corrected chi connectivity index (χ3v) is 5.26. The first-order valence-corrected chi connectivity index (χ1v) is 8.95. The fourth-order valence-electron chi connectivity index (χ4n) is 3.43. The van der Waals surface area contributed by atoms with E-state index in [4.69, 9.17) is 0 Å². The van der Waals surface area contributed by atoms with Crippen LogP contribution in [-0.4, -0.2) is 51.8 Å². The molecule has 0 bridgehead atoms. The van der Waals surface area contributed by atoms with Crippen molar-refractivity contribution in [3.8, 4) is 0 Å². The fourth-order valence-corrected chi connectivity index (χ4v) is 3.43. The van der Waals surface area contributed by atoms with E-state index < -0.39 is 0 Å². The molecule has 6 nitrogen and oxygen atoms in total. The van der Waals surface area contributed by atoms with E-state index >= 15 is 0 Å². The number of carbonyl (C=O) groups excluding carboxylic acids is 1. The van der Waals surface area contributed by atoms with E-state index in [0.717, 1.165) is 49.4 Å². The smallest absolute Gasteiger partial charge is 0.222 e. The Balaban J connectivity index is 1.57. The second-order valence-electron chi connectivity index (χ2n) is 6.81. The van der Waals surface area contributed by atoms with Gasteiger partial charge >= 0.3 is 0 Å². The zero-order valence-corrected chi connectivity index (χ0v) is 15.4. The molecular formula is C19H27N5O. The zero-order valence-electron chi connectivity index (χ0n) is 15.4. The van der Waals surface area contributed by atoms with Crippen molar-refractivity contribution in [2.24, 2.45) is 7.05 Å². The molecule has 0 aliphatic carbocycles. The number of hydrogen-bond acceptors (Lipinski definition) is 4. The maximum absolute atomic E-state index is 12.6. The Morgan fingerprint density at radius 2 is 2.24 bits per heavy atom. The van der Waals surface area contributed by atoms with Crippen LogP contribution in [0, 0.1) is 6.92 Å². The minimum atomic E-state index is 0.205. The summed E-state index contributed by atoms with van der Waals surface area (Å²) in [6.07, 6.45) is 7.11. The maximum atomic E-state index is 12.6. The summed E-state index contributed by atoms with van der Waals surface area (Å²) in [6.45, 7) is 3.90.